The van der Waals surface area contributed by atoms with Crippen LogP contribution in [0.25, 0.3) is 0 Å². The molecule has 1 aliphatic heterocycles. The van der Waals surface area contributed by atoms with Crippen LogP contribution in [0.3, 0.4) is 0 Å². The molecule has 2 aromatic rings. The lowest BCUT2D eigenvalue weighted by atomic mass is 10.2. The minimum atomic E-state index is -0.409. The number of rotatable bonds is 3. The van der Waals surface area contributed by atoms with Gasteiger partial charge in [0.25, 0.3) is 5.91 Å². The highest BCUT2D eigenvalue weighted by Gasteiger charge is 2.13. The number of carbonyl (C=O) groups is 1. The van der Waals surface area contributed by atoms with Crippen molar-refractivity contribution in [2.24, 2.45) is 0 Å². The summed E-state index contributed by atoms with van der Waals surface area (Å²) in [4.78, 5) is 14.4. The molecule has 0 saturated carbocycles. The fraction of sp³-hybridized carbons (Fsp3) is 0.235. The molecule has 1 aliphatic rings. The Labute approximate surface area is 123 Å². The second-order valence-corrected chi connectivity index (χ2v) is 5.21. The summed E-state index contributed by atoms with van der Waals surface area (Å²) in [5, 5.41) is 2.82. The minimum absolute atomic E-state index is 0.298. The van der Waals surface area contributed by atoms with Crippen molar-refractivity contribution in [2.75, 3.05) is 23.3 Å². The zero-order chi connectivity index (χ0) is 14.7. The number of amides is 1. The van der Waals surface area contributed by atoms with Gasteiger partial charge in [0.05, 0.1) is 0 Å². The maximum atomic E-state index is 13.1. The number of nitrogens with zero attached hydrogens (tertiary/aromatic N) is 1. The first-order valence-electron chi connectivity index (χ1n) is 7.14. The van der Waals surface area contributed by atoms with Gasteiger partial charge in [0.1, 0.15) is 5.82 Å². The molecule has 0 spiro atoms. The maximum absolute atomic E-state index is 13.1. The van der Waals surface area contributed by atoms with E-state index in [1.807, 2.05) is 24.3 Å². The van der Waals surface area contributed by atoms with E-state index in [1.54, 1.807) is 6.07 Å². The summed E-state index contributed by atoms with van der Waals surface area (Å²) in [6.07, 6.45) is 2.42. The lowest BCUT2D eigenvalue weighted by Gasteiger charge is -2.18. The Balaban J connectivity index is 1.75. The van der Waals surface area contributed by atoms with E-state index in [-0.39, 0.29) is 5.91 Å². The maximum Gasteiger partial charge on any atom is 0.255 e. The Morgan fingerprint density at radius 1 is 1.05 bits per heavy atom. The molecule has 1 N–H and O–H groups in total. The number of hydrogen-bond donors (Lipinski definition) is 1. The van der Waals surface area contributed by atoms with E-state index in [0.717, 1.165) is 24.5 Å². The van der Waals surface area contributed by atoms with E-state index in [2.05, 4.69) is 10.2 Å². The van der Waals surface area contributed by atoms with E-state index in [9.17, 15) is 9.18 Å². The van der Waals surface area contributed by atoms with E-state index in [0.29, 0.717) is 5.56 Å². The molecule has 0 atom stereocenters. The molecule has 0 aromatic heterocycles. The number of hydrogen-bond acceptors (Lipinski definition) is 2. The van der Waals surface area contributed by atoms with Crippen molar-refractivity contribution in [3.8, 4) is 0 Å². The van der Waals surface area contributed by atoms with Gasteiger partial charge in [0.2, 0.25) is 0 Å². The van der Waals surface area contributed by atoms with Gasteiger partial charge in [0, 0.05) is 30.0 Å². The normalized spacial score (nSPS) is 14.2. The number of nitrogens with one attached hydrogen (secondary N) is 1. The van der Waals surface area contributed by atoms with Gasteiger partial charge < -0.3 is 10.2 Å². The van der Waals surface area contributed by atoms with Crippen molar-refractivity contribution in [3.05, 3.63) is 59.9 Å². The molecule has 4 heteroatoms. The van der Waals surface area contributed by atoms with Crippen LogP contribution in [0.5, 0.6) is 0 Å². The van der Waals surface area contributed by atoms with Gasteiger partial charge in [-0.15, -0.1) is 0 Å². The van der Waals surface area contributed by atoms with E-state index >= 15 is 0 Å². The van der Waals surface area contributed by atoms with Crippen molar-refractivity contribution >= 4 is 17.3 Å². The zero-order valence-corrected chi connectivity index (χ0v) is 11.7. The minimum Gasteiger partial charge on any atom is -0.371 e. The third-order valence-corrected chi connectivity index (χ3v) is 3.66. The number of benzene rings is 2. The van der Waals surface area contributed by atoms with E-state index in [1.165, 1.54) is 31.0 Å². The Morgan fingerprint density at radius 3 is 2.57 bits per heavy atom. The third-order valence-electron chi connectivity index (χ3n) is 3.66. The topological polar surface area (TPSA) is 32.3 Å². The van der Waals surface area contributed by atoms with Crippen LogP contribution in [0.15, 0.2) is 48.5 Å². The molecule has 0 bridgehead atoms. The molecule has 1 fully saturated rings. The summed E-state index contributed by atoms with van der Waals surface area (Å²) in [5.74, 6) is -0.707. The van der Waals surface area contributed by atoms with Gasteiger partial charge in [-0.3, -0.25) is 4.79 Å². The van der Waals surface area contributed by atoms with Crippen LogP contribution in [0.4, 0.5) is 15.8 Å². The smallest absolute Gasteiger partial charge is 0.255 e. The molecular weight excluding hydrogens is 267 g/mol. The molecule has 108 valence electrons. The molecule has 1 amide bonds. The summed E-state index contributed by atoms with van der Waals surface area (Å²) in [6.45, 7) is 2.11. The summed E-state index contributed by atoms with van der Waals surface area (Å²) in [6, 6.07) is 13.5. The molecule has 2 aromatic carbocycles. The lowest BCUT2D eigenvalue weighted by Crippen LogP contribution is -2.18. The average Bonchev–Trinajstić information content (AvgIpc) is 3.02. The molecule has 0 radical (unpaired) electrons. The van der Waals surface area contributed by atoms with Gasteiger partial charge in [-0.2, -0.15) is 0 Å². The van der Waals surface area contributed by atoms with Crippen molar-refractivity contribution in [1.29, 1.82) is 0 Å². The van der Waals surface area contributed by atoms with Gasteiger partial charge in [0.15, 0.2) is 0 Å². The Bertz CT molecular complexity index is 651. The zero-order valence-electron chi connectivity index (χ0n) is 11.7. The van der Waals surface area contributed by atoms with Gasteiger partial charge in [-0.05, 0) is 49.2 Å². The van der Waals surface area contributed by atoms with Crippen LogP contribution in [0, 0.1) is 5.82 Å². The van der Waals surface area contributed by atoms with Crippen molar-refractivity contribution in [2.45, 2.75) is 12.8 Å². The van der Waals surface area contributed by atoms with Crippen LogP contribution in [0.1, 0.15) is 23.2 Å². The highest BCUT2D eigenvalue weighted by atomic mass is 19.1. The number of carbonyl (C=O) groups excluding carboxylic acids is 1. The third kappa shape index (κ3) is 3.21. The van der Waals surface area contributed by atoms with Crippen LogP contribution >= 0.6 is 0 Å². The summed E-state index contributed by atoms with van der Waals surface area (Å²) in [5.41, 5.74) is 2.17. The van der Waals surface area contributed by atoms with Crippen LogP contribution in [0.2, 0.25) is 0 Å². The van der Waals surface area contributed by atoms with Crippen LogP contribution in [-0.4, -0.2) is 19.0 Å². The van der Waals surface area contributed by atoms with Gasteiger partial charge >= 0.3 is 0 Å². The first-order valence-corrected chi connectivity index (χ1v) is 7.14. The van der Waals surface area contributed by atoms with Crippen molar-refractivity contribution in [3.63, 3.8) is 0 Å². The standard InChI is InChI=1S/C17H17FN2O/c18-14-6-3-5-13(11-14)17(21)19-15-7-4-8-16(12-15)20-9-1-2-10-20/h3-8,11-12H,1-2,9-10H2,(H,19,21). The molecule has 0 unspecified atom stereocenters. The predicted molar refractivity (Wildman–Crippen MR) is 82.2 cm³/mol. The van der Waals surface area contributed by atoms with E-state index in [4.69, 9.17) is 0 Å². The molecule has 3 nitrogen and oxygen atoms in total. The van der Waals surface area contributed by atoms with Crippen LogP contribution in [-0.2, 0) is 0 Å². The van der Waals surface area contributed by atoms with E-state index < -0.39 is 5.82 Å². The second kappa shape index (κ2) is 5.95. The van der Waals surface area contributed by atoms with Gasteiger partial charge in [-0.1, -0.05) is 12.1 Å². The molecule has 1 saturated heterocycles. The highest BCUT2D eigenvalue weighted by Crippen LogP contribution is 2.23. The molecule has 3 rings (SSSR count). The average molecular weight is 284 g/mol. The number of anilines is 2. The molecular formula is C17H17FN2O. The second-order valence-electron chi connectivity index (χ2n) is 5.21. The predicted octanol–water partition coefficient (Wildman–Crippen LogP) is 3.68. The molecule has 0 aliphatic carbocycles. The summed E-state index contributed by atoms with van der Waals surface area (Å²) >= 11 is 0. The fourth-order valence-corrected chi connectivity index (χ4v) is 2.59. The van der Waals surface area contributed by atoms with Crippen molar-refractivity contribution in [1.82, 2.24) is 0 Å². The Hall–Kier alpha value is -2.36. The molecule has 1 heterocycles. The first-order chi connectivity index (χ1) is 10.2. The Kier molecular flexibility index (Phi) is 3.86. The fourth-order valence-electron chi connectivity index (χ4n) is 2.59. The highest BCUT2D eigenvalue weighted by molar-refractivity contribution is 6.04. The monoisotopic (exact) mass is 284 g/mol. The summed E-state index contributed by atoms with van der Waals surface area (Å²) < 4.78 is 13.1. The largest absolute Gasteiger partial charge is 0.371 e. The van der Waals surface area contributed by atoms with Crippen LogP contribution < -0.4 is 10.2 Å². The Morgan fingerprint density at radius 2 is 1.81 bits per heavy atom. The SMILES string of the molecule is O=C(Nc1cccc(N2CCCC2)c1)c1cccc(F)c1. The molecule has 21 heavy (non-hydrogen) atoms. The number of halogens is 1. The lowest BCUT2D eigenvalue weighted by molar-refractivity contribution is 0.102. The summed E-state index contributed by atoms with van der Waals surface area (Å²) in [7, 11) is 0. The first kappa shape index (κ1) is 13.6. The van der Waals surface area contributed by atoms with Crippen molar-refractivity contribution < 1.29 is 9.18 Å². The van der Waals surface area contributed by atoms with Gasteiger partial charge in [-0.25, -0.2) is 4.39 Å². The quantitative estimate of drug-likeness (QED) is 0.932.